The molecule has 5 nitrogen and oxygen atoms in total. The van der Waals surface area contributed by atoms with Crippen molar-refractivity contribution in [1.29, 1.82) is 0 Å². The van der Waals surface area contributed by atoms with Gasteiger partial charge in [-0.05, 0) is 30.7 Å². The quantitative estimate of drug-likeness (QED) is 0.738. The first-order valence-corrected chi connectivity index (χ1v) is 6.91. The highest BCUT2D eigenvalue weighted by Gasteiger charge is 2.07. The topological polar surface area (TPSA) is 49.0 Å². The maximum Gasteiger partial charge on any atom is 0.261 e. The molecular formula is C16H17N3O2. The van der Waals surface area contributed by atoms with Gasteiger partial charge in [0.2, 0.25) is 0 Å². The average Bonchev–Trinajstić information content (AvgIpc) is 2.92. The van der Waals surface area contributed by atoms with Crippen LogP contribution in [0.15, 0.2) is 47.5 Å². The summed E-state index contributed by atoms with van der Waals surface area (Å²) in [5, 5.41) is 5.12. The van der Waals surface area contributed by atoms with Crippen molar-refractivity contribution in [3.05, 3.63) is 58.6 Å². The first-order valence-electron chi connectivity index (χ1n) is 6.91. The highest BCUT2D eigenvalue weighted by molar-refractivity contribution is 5.76. The van der Waals surface area contributed by atoms with E-state index < -0.39 is 0 Å². The van der Waals surface area contributed by atoms with Crippen LogP contribution in [0.3, 0.4) is 0 Å². The van der Waals surface area contributed by atoms with Gasteiger partial charge in [-0.3, -0.25) is 9.48 Å². The smallest absolute Gasteiger partial charge is 0.261 e. The van der Waals surface area contributed by atoms with Gasteiger partial charge < -0.3 is 9.30 Å². The van der Waals surface area contributed by atoms with Gasteiger partial charge in [0.15, 0.2) is 0 Å². The van der Waals surface area contributed by atoms with Gasteiger partial charge in [0.25, 0.3) is 5.56 Å². The van der Waals surface area contributed by atoms with E-state index in [2.05, 4.69) is 5.10 Å². The Bertz CT molecular complexity index is 816. The highest BCUT2D eigenvalue weighted by Crippen LogP contribution is 2.13. The molecule has 1 aromatic carbocycles. The molecule has 0 radical (unpaired) electrons. The lowest BCUT2D eigenvalue weighted by atomic mass is 10.2. The second-order valence-electron chi connectivity index (χ2n) is 4.88. The van der Waals surface area contributed by atoms with Crippen molar-refractivity contribution >= 4 is 10.9 Å². The van der Waals surface area contributed by atoms with Crippen molar-refractivity contribution in [3.63, 3.8) is 0 Å². The van der Waals surface area contributed by atoms with Crippen LogP contribution in [0, 0.1) is 0 Å². The molecule has 5 heteroatoms. The van der Waals surface area contributed by atoms with Crippen molar-refractivity contribution in [2.45, 2.75) is 20.0 Å². The van der Waals surface area contributed by atoms with Gasteiger partial charge in [-0.15, -0.1) is 0 Å². The minimum atomic E-state index is 0.0102. The minimum Gasteiger partial charge on any atom is -0.497 e. The fourth-order valence-corrected chi connectivity index (χ4v) is 2.36. The third-order valence-electron chi connectivity index (χ3n) is 3.54. The van der Waals surface area contributed by atoms with Gasteiger partial charge in [-0.25, -0.2) is 0 Å². The Morgan fingerprint density at radius 1 is 1.19 bits per heavy atom. The SMILES string of the molecule is CCn1ccc2nn(Cc3ccc(OC)cc3)cc2c1=O. The summed E-state index contributed by atoms with van der Waals surface area (Å²) in [5.41, 5.74) is 1.86. The molecule has 0 amide bonds. The summed E-state index contributed by atoms with van der Waals surface area (Å²) in [6, 6.07) is 9.71. The lowest BCUT2D eigenvalue weighted by molar-refractivity contribution is 0.414. The molecule has 0 unspecified atom stereocenters. The van der Waals surface area contributed by atoms with Crippen LogP contribution in [0.25, 0.3) is 10.9 Å². The van der Waals surface area contributed by atoms with Crippen LogP contribution in [0.1, 0.15) is 12.5 Å². The molecule has 3 aromatic rings. The number of hydrogen-bond acceptors (Lipinski definition) is 3. The first kappa shape index (κ1) is 13.4. The number of fused-ring (bicyclic) bond motifs is 1. The van der Waals surface area contributed by atoms with Crippen molar-refractivity contribution in [1.82, 2.24) is 14.3 Å². The summed E-state index contributed by atoms with van der Waals surface area (Å²) in [5.74, 6) is 0.829. The minimum absolute atomic E-state index is 0.0102. The summed E-state index contributed by atoms with van der Waals surface area (Å²) < 4.78 is 8.62. The van der Waals surface area contributed by atoms with Crippen molar-refractivity contribution in [3.8, 4) is 5.75 Å². The Hall–Kier alpha value is -2.56. The van der Waals surface area contributed by atoms with E-state index in [1.807, 2.05) is 43.5 Å². The normalized spacial score (nSPS) is 11.0. The predicted molar refractivity (Wildman–Crippen MR) is 81.8 cm³/mol. The summed E-state index contributed by atoms with van der Waals surface area (Å²) in [6.07, 6.45) is 3.60. The number of hydrogen-bond donors (Lipinski definition) is 0. The molecule has 0 aliphatic rings. The van der Waals surface area contributed by atoms with Gasteiger partial charge in [-0.2, -0.15) is 5.10 Å². The number of benzene rings is 1. The molecule has 0 atom stereocenters. The number of nitrogens with zero attached hydrogens (tertiary/aromatic N) is 3. The lowest BCUT2D eigenvalue weighted by Crippen LogP contribution is -2.17. The number of rotatable bonds is 4. The Kier molecular flexibility index (Phi) is 3.48. The van der Waals surface area contributed by atoms with Gasteiger partial charge in [-0.1, -0.05) is 12.1 Å². The fraction of sp³-hybridized carbons (Fsp3) is 0.250. The van der Waals surface area contributed by atoms with Crippen LogP contribution < -0.4 is 10.3 Å². The maximum absolute atomic E-state index is 12.2. The van der Waals surface area contributed by atoms with Gasteiger partial charge in [0.05, 0.1) is 24.6 Å². The van der Waals surface area contributed by atoms with Gasteiger partial charge >= 0.3 is 0 Å². The molecule has 21 heavy (non-hydrogen) atoms. The average molecular weight is 283 g/mol. The lowest BCUT2D eigenvalue weighted by Gasteiger charge is -2.03. The van der Waals surface area contributed by atoms with Crippen molar-refractivity contribution in [2.75, 3.05) is 7.11 Å². The van der Waals surface area contributed by atoms with Crippen molar-refractivity contribution in [2.24, 2.45) is 0 Å². The van der Waals surface area contributed by atoms with Crippen LogP contribution in [0.4, 0.5) is 0 Å². The Balaban J connectivity index is 1.93. The third kappa shape index (κ3) is 2.54. The van der Waals surface area contributed by atoms with Crippen molar-refractivity contribution < 1.29 is 4.74 Å². The van der Waals surface area contributed by atoms with E-state index in [0.29, 0.717) is 18.5 Å². The number of aryl methyl sites for hydroxylation is 1. The van der Waals surface area contributed by atoms with E-state index in [4.69, 9.17) is 4.74 Å². The van der Waals surface area contributed by atoms with E-state index in [0.717, 1.165) is 16.8 Å². The summed E-state index contributed by atoms with van der Waals surface area (Å²) in [4.78, 5) is 12.2. The molecule has 0 fully saturated rings. The van der Waals surface area contributed by atoms with Gasteiger partial charge in [0, 0.05) is 18.9 Å². The molecule has 0 saturated heterocycles. The van der Waals surface area contributed by atoms with Crippen LogP contribution in [-0.2, 0) is 13.1 Å². The molecule has 2 aromatic heterocycles. The number of methoxy groups -OCH3 is 1. The predicted octanol–water partition coefficient (Wildman–Crippen LogP) is 2.27. The van der Waals surface area contributed by atoms with E-state index in [-0.39, 0.29) is 5.56 Å². The molecular weight excluding hydrogens is 266 g/mol. The van der Waals surface area contributed by atoms with E-state index in [1.165, 1.54) is 0 Å². The largest absolute Gasteiger partial charge is 0.497 e. The molecule has 0 aliphatic heterocycles. The van der Waals surface area contributed by atoms with E-state index >= 15 is 0 Å². The monoisotopic (exact) mass is 283 g/mol. The Morgan fingerprint density at radius 2 is 1.95 bits per heavy atom. The van der Waals surface area contributed by atoms with Gasteiger partial charge in [0.1, 0.15) is 5.75 Å². The Labute approximate surface area is 122 Å². The van der Waals surface area contributed by atoms with Crippen LogP contribution in [0.2, 0.25) is 0 Å². The second kappa shape index (κ2) is 5.44. The molecule has 2 heterocycles. The van der Waals surface area contributed by atoms with Crippen LogP contribution in [-0.4, -0.2) is 21.5 Å². The van der Waals surface area contributed by atoms with E-state index in [1.54, 1.807) is 22.6 Å². The highest BCUT2D eigenvalue weighted by atomic mass is 16.5. The molecule has 0 bridgehead atoms. The fourth-order valence-electron chi connectivity index (χ4n) is 2.36. The zero-order valence-electron chi connectivity index (χ0n) is 12.1. The zero-order valence-corrected chi connectivity index (χ0v) is 12.1. The molecule has 3 rings (SSSR count). The summed E-state index contributed by atoms with van der Waals surface area (Å²) in [7, 11) is 1.65. The molecule has 0 spiro atoms. The third-order valence-corrected chi connectivity index (χ3v) is 3.54. The maximum atomic E-state index is 12.2. The number of pyridine rings is 1. The molecule has 0 saturated carbocycles. The summed E-state index contributed by atoms with van der Waals surface area (Å²) in [6.45, 7) is 3.25. The molecule has 108 valence electrons. The van der Waals surface area contributed by atoms with E-state index in [9.17, 15) is 4.79 Å². The second-order valence-corrected chi connectivity index (χ2v) is 4.88. The van der Waals surface area contributed by atoms with Crippen LogP contribution in [0.5, 0.6) is 5.75 Å². The molecule has 0 aliphatic carbocycles. The standard InChI is InChI=1S/C16H17N3O2/c1-3-18-9-8-15-14(16(18)20)11-19(17-15)10-12-4-6-13(21-2)7-5-12/h4-9,11H,3,10H2,1-2H3. The zero-order chi connectivity index (χ0) is 14.8. The first-order chi connectivity index (χ1) is 10.2. The number of ether oxygens (including phenoxy) is 1. The summed E-state index contributed by atoms with van der Waals surface area (Å²) >= 11 is 0. The Morgan fingerprint density at radius 3 is 2.62 bits per heavy atom. The molecule has 0 N–H and O–H groups in total. The van der Waals surface area contributed by atoms with Crippen LogP contribution >= 0.6 is 0 Å². The number of aromatic nitrogens is 3.